The van der Waals surface area contributed by atoms with Crippen LogP contribution in [0.2, 0.25) is 0 Å². The average molecular weight is 942 g/mol. The second-order valence-corrected chi connectivity index (χ2v) is 23.4. The zero-order chi connectivity index (χ0) is 51.9. The summed E-state index contributed by atoms with van der Waals surface area (Å²) in [6.45, 7) is 48.5. The monoisotopic (exact) mass is 942 g/mol. The fourth-order valence-corrected chi connectivity index (χ4v) is 5.48. The van der Waals surface area contributed by atoms with Gasteiger partial charge >= 0.3 is 0 Å². The number of hydrogen-bond donors (Lipinski definition) is 1. The largest absolute Gasteiger partial charge is 0.360 e. The maximum absolute atomic E-state index is 4.38. The Morgan fingerprint density at radius 3 is 1.35 bits per heavy atom. The lowest BCUT2D eigenvalue weighted by Gasteiger charge is -2.18. The Bertz CT molecular complexity index is 2270. The summed E-state index contributed by atoms with van der Waals surface area (Å²) in [5.41, 5.74) is 13.1. The SMILES string of the molecule is C.CC(C)(C)c1cnc2cc[nH]c2c1.Cc1cc(C(C)(C)C)cnn1.Cc1cncc(C(C)(C)C)c1.Cc1cnnc(C(C)(C)C)c1.Cc1cnnc(C(C)(C)C)n1.Cc1nncc(C(C)(C)C)n1. The van der Waals surface area contributed by atoms with Crippen molar-refractivity contribution < 1.29 is 0 Å². The lowest BCUT2D eigenvalue weighted by molar-refractivity contribution is 0.530. The first-order chi connectivity index (χ1) is 31.1. The first kappa shape index (κ1) is 61.0. The van der Waals surface area contributed by atoms with Crippen LogP contribution in [0.15, 0.2) is 79.9 Å². The molecule has 0 spiro atoms. The van der Waals surface area contributed by atoms with Gasteiger partial charge in [0.1, 0.15) is 5.82 Å². The lowest BCUT2D eigenvalue weighted by Crippen LogP contribution is -2.17. The van der Waals surface area contributed by atoms with Crippen LogP contribution in [0.4, 0.5) is 0 Å². The number of nitrogens with one attached hydrogen (secondary N) is 1. The number of aromatic nitrogens is 13. The van der Waals surface area contributed by atoms with E-state index in [2.05, 4.69) is 222 Å². The van der Waals surface area contributed by atoms with E-state index in [-0.39, 0.29) is 39.9 Å². The predicted octanol–water partition coefficient (Wildman–Crippen LogP) is 13.3. The summed E-state index contributed by atoms with van der Waals surface area (Å²) < 4.78 is 0. The van der Waals surface area contributed by atoms with Crippen molar-refractivity contribution in [3.63, 3.8) is 0 Å². The van der Waals surface area contributed by atoms with E-state index in [4.69, 9.17) is 0 Å². The molecule has 0 atom stereocenters. The molecule has 7 rings (SSSR count). The number of aromatic amines is 1. The van der Waals surface area contributed by atoms with Gasteiger partial charge in [-0.15, -0.1) is 10.2 Å². The van der Waals surface area contributed by atoms with E-state index in [1.54, 1.807) is 18.6 Å². The fourth-order valence-electron chi connectivity index (χ4n) is 5.48. The number of nitrogens with zero attached hydrogens (tertiary/aromatic N) is 12. The maximum atomic E-state index is 4.38. The minimum absolute atomic E-state index is 0. The number of fused-ring (bicyclic) bond motifs is 1. The van der Waals surface area contributed by atoms with Gasteiger partial charge in [-0.3, -0.25) is 9.97 Å². The third-order valence-corrected chi connectivity index (χ3v) is 9.99. The van der Waals surface area contributed by atoms with E-state index < -0.39 is 0 Å². The molecular formula is C56H87N13. The van der Waals surface area contributed by atoms with Gasteiger partial charge in [-0.05, 0) is 103 Å². The van der Waals surface area contributed by atoms with Gasteiger partial charge in [-0.25, -0.2) is 9.97 Å². The molecule has 0 aromatic carbocycles. The van der Waals surface area contributed by atoms with Crippen molar-refractivity contribution in [1.82, 2.24) is 65.7 Å². The molecule has 7 aromatic heterocycles. The van der Waals surface area contributed by atoms with Crippen molar-refractivity contribution in [1.29, 1.82) is 0 Å². The molecule has 0 fully saturated rings. The van der Waals surface area contributed by atoms with Crippen molar-refractivity contribution in [3.05, 3.63) is 142 Å². The molecule has 0 aliphatic rings. The Kier molecular flexibility index (Phi) is 22.6. The highest BCUT2D eigenvalue weighted by atomic mass is 15.2. The van der Waals surface area contributed by atoms with E-state index in [1.807, 2.05) is 64.7 Å². The Morgan fingerprint density at radius 2 is 0.928 bits per heavy atom. The number of H-pyrrole nitrogens is 1. The molecule has 0 unspecified atom stereocenters. The van der Waals surface area contributed by atoms with Crippen LogP contribution in [0.5, 0.6) is 0 Å². The summed E-state index contributed by atoms with van der Waals surface area (Å²) in [5, 5.41) is 31.2. The van der Waals surface area contributed by atoms with Crippen LogP contribution < -0.4 is 0 Å². The Labute approximate surface area is 416 Å². The summed E-state index contributed by atoms with van der Waals surface area (Å²) >= 11 is 0. The number of pyridine rings is 2. The van der Waals surface area contributed by atoms with E-state index in [9.17, 15) is 0 Å². The smallest absolute Gasteiger partial charge is 0.156 e. The topological polar surface area (TPSA) is 170 Å². The molecule has 1 N–H and O–H groups in total. The quantitative estimate of drug-likeness (QED) is 0.153. The fraction of sp³-hybridized carbons (Fsp3) is 0.536. The Morgan fingerprint density at radius 1 is 0.406 bits per heavy atom. The van der Waals surface area contributed by atoms with Gasteiger partial charge in [-0.1, -0.05) is 138 Å². The van der Waals surface area contributed by atoms with Gasteiger partial charge in [-0.2, -0.15) is 30.6 Å². The standard InChI is InChI=1S/C11H14N2.C10H15N.2C9H14N2.2C8H13N3.CH4/c1-11(2,3)8-6-10-9(13-7-8)4-5-12-10;1-8-5-9(7-11-6-8)10(2,3)4;1-7-5-8(6-10-11-7)9(2,3)4;1-7-5-8(9(2,3)4)11-10-6-7;1-6-10-7(5-9-11-6)8(2,3)4;1-6-5-9-11-7(10-6)8(2,3)4;/h4-7,12H,1-3H3;5-7H,1-4H3;2*5-6H,1-4H3;2*5H,1-4H3;1H4. The Hall–Kier alpha value is -5.98. The molecule has 376 valence electrons. The van der Waals surface area contributed by atoms with Gasteiger partial charge in [0.25, 0.3) is 0 Å². The van der Waals surface area contributed by atoms with E-state index in [1.165, 1.54) is 27.8 Å². The average Bonchev–Trinajstić information content (AvgIpc) is 3.69. The van der Waals surface area contributed by atoms with Gasteiger partial charge in [0.2, 0.25) is 0 Å². The van der Waals surface area contributed by atoms with Gasteiger partial charge in [0.05, 0.1) is 58.6 Å². The minimum Gasteiger partial charge on any atom is -0.360 e. The summed E-state index contributed by atoms with van der Waals surface area (Å²) in [6.07, 6.45) is 14.7. The molecule has 0 aliphatic heterocycles. The van der Waals surface area contributed by atoms with Gasteiger partial charge in [0.15, 0.2) is 5.82 Å². The molecular weight excluding hydrogens is 855 g/mol. The normalized spacial score (nSPS) is 11.6. The molecule has 7 aromatic rings. The van der Waals surface area contributed by atoms with Gasteiger partial charge < -0.3 is 4.98 Å². The molecule has 0 aliphatic carbocycles. The van der Waals surface area contributed by atoms with Crippen LogP contribution >= 0.6 is 0 Å². The predicted molar refractivity (Wildman–Crippen MR) is 287 cm³/mol. The van der Waals surface area contributed by atoms with Crippen LogP contribution in [0, 0.1) is 34.6 Å². The first-order valence-electron chi connectivity index (χ1n) is 23.4. The number of aryl methyl sites for hydroxylation is 5. The second-order valence-electron chi connectivity index (χ2n) is 23.4. The van der Waals surface area contributed by atoms with Crippen LogP contribution in [0.3, 0.4) is 0 Å². The molecule has 7 heterocycles. The van der Waals surface area contributed by atoms with Gasteiger partial charge in [0, 0.05) is 41.0 Å². The minimum atomic E-state index is -0.000972. The summed E-state index contributed by atoms with van der Waals surface area (Å²) in [4.78, 5) is 20.2. The third kappa shape index (κ3) is 22.8. The molecule has 0 amide bonds. The molecule has 0 saturated carbocycles. The van der Waals surface area contributed by atoms with Crippen LogP contribution in [-0.2, 0) is 32.5 Å². The Balaban J connectivity index is 0.000000413. The number of hydrogen-bond acceptors (Lipinski definition) is 12. The highest BCUT2D eigenvalue weighted by Crippen LogP contribution is 2.25. The van der Waals surface area contributed by atoms with Crippen molar-refractivity contribution in [3.8, 4) is 0 Å². The highest BCUT2D eigenvalue weighted by Gasteiger charge is 2.19. The second kappa shape index (κ2) is 25.6. The van der Waals surface area contributed by atoms with E-state index >= 15 is 0 Å². The van der Waals surface area contributed by atoms with Crippen LogP contribution in [0.1, 0.15) is 194 Å². The van der Waals surface area contributed by atoms with E-state index in [0.29, 0.717) is 0 Å². The molecule has 69 heavy (non-hydrogen) atoms. The highest BCUT2D eigenvalue weighted by molar-refractivity contribution is 5.75. The zero-order valence-corrected chi connectivity index (χ0v) is 45.9. The number of rotatable bonds is 0. The zero-order valence-electron chi connectivity index (χ0n) is 45.9. The van der Waals surface area contributed by atoms with Crippen molar-refractivity contribution >= 4 is 11.0 Å². The van der Waals surface area contributed by atoms with Crippen LogP contribution in [-0.4, -0.2) is 65.7 Å². The van der Waals surface area contributed by atoms with E-state index in [0.717, 1.165) is 45.5 Å². The summed E-state index contributed by atoms with van der Waals surface area (Å²) in [5.74, 6) is 1.54. The molecule has 0 saturated heterocycles. The molecule has 0 bridgehead atoms. The third-order valence-electron chi connectivity index (χ3n) is 9.99. The first-order valence-corrected chi connectivity index (χ1v) is 23.4. The summed E-state index contributed by atoms with van der Waals surface area (Å²) in [6, 6.07) is 10.5. The summed E-state index contributed by atoms with van der Waals surface area (Å²) in [7, 11) is 0. The molecule has 13 nitrogen and oxygen atoms in total. The van der Waals surface area contributed by atoms with Crippen molar-refractivity contribution in [2.75, 3.05) is 0 Å². The lowest BCUT2D eigenvalue weighted by atomic mass is 9.88. The maximum Gasteiger partial charge on any atom is 0.156 e. The molecule has 13 heteroatoms. The molecule has 0 radical (unpaired) electrons. The van der Waals surface area contributed by atoms with Crippen LogP contribution in [0.25, 0.3) is 11.0 Å². The van der Waals surface area contributed by atoms with Crippen molar-refractivity contribution in [2.45, 2.75) is 199 Å². The van der Waals surface area contributed by atoms with Crippen molar-refractivity contribution in [2.24, 2.45) is 0 Å².